The average molecular weight is 265 g/mol. The van der Waals surface area contributed by atoms with Gasteiger partial charge < -0.3 is 4.74 Å². The summed E-state index contributed by atoms with van der Waals surface area (Å²) in [5, 5.41) is 0.299. The van der Waals surface area contributed by atoms with Gasteiger partial charge in [0.2, 0.25) is 0 Å². The van der Waals surface area contributed by atoms with Crippen molar-refractivity contribution in [2.75, 3.05) is 6.61 Å². The molecular formula is C11H8ClF3O2. The molecule has 92 valence electrons. The number of carbonyl (C=O) groups is 1. The molecule has 0 radical (unpaired) electrons. The van der Waals surface area contributed by atoms with E-state index in [1.807, 2.05) is 0 Å². The lowest BCUT2D eigenvalue weighted by molar-refractivity contribution is -0.143. The molecule has 1 aromatic rings. The van der Waals surface area contributed by atoms with E-state index in [4.69, 9.17) is 16.3 Å². The van der Waals surface area contributed by atoms with E-state index in [2.05, 4.69) is 0 Å². The molecule has 1 heterocycles. The lowest BCUT2D eigenvalue weighted by atomic mass is 9.92. The van der Waals surface area contributed by atoms with Crippen LogP contribution in [-0.2, 0) is 0 Å². The molecular weight excluding hydrogens is 257 g/mol. The highest BCUT2D eigenvalue weighted by molar-refractivity contribution is 6.31. The van der Waals surface area contributed by atoms with E-state index in [1.165, 1.54) is 18.2 Å². The topological polar surface area (TPSA) is 26.3 Å². The number of benzene rings is 1. The highest BCUT2D eigenvalue weighted by Gasteiger charge is 2.38. The van der Waals surface area contributed by atoms with E-state index < -0.39 is 24.3 Å². The van der Waals surface area contributed by atoms with Crippen LogP contribution in [0.4, 0.5) is 13.2 Å². The summed E-state index contributed by atoms with van der Waals surface area (Å²) in [5.74, 6) is -1.45. The maximum Gasteiger partial charge on any atom is 0.389 e. The molecule has 0 aromatic heterocycles. The standard InChI is InChI=1S/C11H8ClF3O2/c12-7-1-2-9-8(3-7)10(16)6(5-17-9)4-11(13,14)15/h1-3,6H,4-5H2. The molecule has 1 atom stereocenters. The Morgan fingerprint density at radius 1 is 1.41 bits per heavy atom. The number of halogens is 4. The highest BCUT2D eigenvalue weighted by atomic mass is 35.5. The largest absolute Gasteiger partial charge is 0.492 e. The number of alkyl halides is 3. The third-order valence-electron chi connectivity index (χ3n) is 2.50. The quantitative estimate of drug-likeness (QED) is 0.776. The molecule has 0 saturated heterocycles. The Balaban J connectivity index is 2.26. The highest BCUT2D eigenvalue weighted by Crippen LogP contribution is 2.34. The zero-order chi connectivity index (χ0) is 12.6. The predicted molar refractivity (Wildman–Crippen MR) is 55.4 cm³/mol. The third kappa shape index (κ3) is 2.72. The fourth-order valence-electron chi connectivity index (χ4n) is 1.74. The van der Waals surface area contributed by atoms with Crippen LogP contribution in [-0.4, -0.2) is 18.6 Å². The number of ketones is 1. The summed E-state index contributed by atoms with van der Waals surface area (Å²) in [6.45, 7) is -0.243. The summed E-state index contributed by atoms with van der Waals surface area (Å²) < 4.78 is 41.8. The monoisotopic (exact) mass is 264 g/mol. The Morgan fingerprint density at radius 3 is 2.76 bits per heavy atom. The minimum atomic E-state index is -4.38. The summed E-state index contributed by atoms with van der Waals surface area (Å²) in [7, 11) is 0. The van der Waals surface area contributed by atoms with Gasteiger partial charge in [-0.1, -0.05) is 11.6 Å². The molecule has 0 aliphatic carbocycles. The van der Waals surface area contributed by atoms with E-state index in [9.17, 15) is 18.0 Å². The van der Waals surface area contributed by atoms with Crippen LogP contribution in [0.3, 0.4) is 0 Å². The van der Waals surface area contributed by atoms with E-state index in [0.29, 0.717) is 5.02 Å². The van der Waals surface area contributed by atoms with Crippen molar-refractivity contribution in [1.82, 2.24) is 0 Å². The van der Waals surface area contributed by atoms with E-state index in [-0.39, 0.29) is 17.9 Å². The van der Waals surface area contributed by atoms with Gasteiger partial charge in [-0.3, -0.25) is 4.79 Å². The van der Waals surface area contributed by atoms with Crippen LogP contribution in [0.25, 0.3) is 0 Å². The summed E-state index contributed by atoms with van der Waals surface area (Å²) in [4.78, 5) is 11.8. The molecule has 1 aromatic carbocycles. The first-order valence-electron chi connectivity index (χ1n) is 4.90. The molecule has 0 bridgehead atoms. The van der Waals surface area contributed by atoms with Crippen LogP contribution in [0.2, 0.25) is 5.02 Å². The normalized spacial score (nSPS) is 19.8. The summed E-state index contributed by atoms with van der Waals surface area (Å²) in [6.07, 6.45) is -5.54. The van der Waals surface area contributed by atoms with Gasteiger partial charge in [0.15, 0.2) is 5.78 Å². The lowest BCUT2D eigenvalue weighted by Crippen LogP contribution is -2.31. The second kappa shape index (κ2) is 4.22. The van der Waals surface area contributed by atoms with Crippen molar-refractivity contribution < 1.29 is 22.7 Å². The van der Waals surface area contributed by atoms with Crippen LogP contribution in [0.1, 0.15) is 16.8 Å². The molecule has 2 nitrogen and oxygen atoms in total. The molecule has 1 aliphatic heterocycles. The van der Waals surface area contributed by atoms with Crippen LogP contribution >= 0.6 is 11.6 Å². The van der Waals surface area contributed by atoms with Crippen LogP contribution < -0.4 is 4.74 Å². The van der Waals surface area contributed by atoms with Gasteiger partial charge >= 0.3 is 6.18 Å². The minimum Gasteiger partial charge on any atom is -0.492 e. The zero-order valence-corrected chi connectivity index (χ0v) is 9.31. The first-order valence-corrected chi connectivity index (χ1v) is 5.28. The molecule has 2 rings (SSSR count). The molecule has 0 N–H and O–H groups in total. The summed E-state index contributed by atoms with van der Waals surface area (Å²) >= 11 is 5.69. The first-order chi connectivity index (χ1) is 7.87. The Bertz CT molecular complexity index is 457. The van der Waals surface area contributed by atoms with Gasteiger partial charge in [-0.05, 0) is 18.2 Å². The van der Waals surface area contributed by atoms with Crippen molar-refractivity contribution in [2.24, 2.45) is 5.92 Å². The molecule has 1 unspecified atom stereocenters. The predicted octanol–water partition coefficient (Wildman–Crippen LogP) is 3.48. The number of carbonyl (C=O) groups excluding carboxylic acids is 1. The van der Waals surface area contributed by atoms with Gasteiger partial charge in [-0.15, -0.1) is 0 Å². The van der Waals surface area contributed by atoms with Crippen molar-refractivity contribution in [3.05, 3.63) is 28.8 Å². The van der Waals surface area contributed by atoms with Gasteiger partial charge in [-0.2, -0.15) is 13.2 Å². The molecule has 6 heteroatoms. The fraction of sp³-hybridized carbons (Fsp3) is 0.364. The van der Waals surface area contributed by atoms with Crippen LogP contribution in [0.5, 0.6) is 5.75 Å². The molecule has 0 fully saturated rings. The van der Waals surface area contributed by atoms with Crippen molar-refractivity contribution in [3.63, 3.8) is 0 Å². The van der Waals surface area contributed by atoms with Gasteiger partial charge in [0.1, 0.15) is 5.75 Å². The Kier molecular flexibility index (Phi) is 3.03. The molecule has 1 aliphatic rings. The zero-order valence-electron chi connectivity index (χ0n) is 8.55. The van der Waals surface area contributed by atoms with Crippen LogP contribution in [0, 0.1) is 5.92 Å². The second-order valence-corrected chi connectivity index (χ2v) is 4.27. The molecule has 0 saturated carbocycles. The maximum absolute atomic E-state index is 12.2. The minimum absolute atomic E-state index is 0.123. The van der Waals surface area contributed by atoms with Gasteiger partial charge in [0.05, 0.1) is 24.5 Å². The Hall–Kier alpha value is -1.23. The summed E-state index contributed by atoms with van der Waals surface area (Å²) in [6, 6.07) is 4.35. The second-order valence-electron chi connectivity index (χ2n) is 3.83. The van der Waals surface area contributed by atoms with Gasteiger partial charge in [-0.25, -0.2) is 0 Å². The van der Waals surface area contributed by atoms with Gasteiger partial charge in [0, 0.05) is 5.02 Å². The number of rotatable bonds is 1. The Labute approximate surface area is 100 Å². The fourth-order valence-corrected chi connectivity index (χ4v) is 1.91. The van der Waals surface area contributed by atoms with Crippen LogP contribution in [0.15, 0.2) is 18.2 Å². The number of hydrogen-bond donors (Lipinski definition) is 0. The van der Waals surface area contributed by atoms with E-state index in [1.54, 1.807) is 0 Å². The summed E-state index contributed by atoms with van der Waals surface area (Å²) in [5.41, 5.74) is 0.123. The molecule has 0 amide bonds. The SMILES string of the molecule is O=C1c2cc(Cl)ccc2OCC1CC(F)(F)F. The number of fused-ring (bicyclic) bond motifs is 1. The van der Waals surface area contributed by atoms with E-state index in [0.717, 1.165) is 0 Å². The van der Waals surface area contributed by atoms with Crippen molar-refractivity contribution >= 4 is 17.4 Å². The number of Topliss-reactive ketones (excluding diaryl/α,β-unsaturated/α-hetero) is 1. The van der Waals surface area contributed by atoms with Gasteiger partial charge in [0.25, 0.3) is 0 Å². The molecule has 17 heavy (non-hydrogen) atoms. The Morgan fingerprint density at radius 2 is 2.12 bits per heavy atom. The van der Waals surface area contributed by atoms with E-state index >= 15 is 0 Å². The first kappa shape index (κ1) is 12.2. The average Bonchev–Trinajstić information content (AvgIpc) is 2.21. The van der Waals surface area contributed by atoms with Crippen molar-refractivity contribution in [1.29, 1.82) is 0 Å². The lowest BCUT2D eigenvalue weighted by Gasteiger charge is -2.24. The molecule has 0 spiro atoms. The smallest absolute Gasteiger partial charge is 0.389 e. The number of ether oxygens (including phenoxy) is 1. The van der Waals surface area contributed by atoms with Crippen molar-refractivity contribution in [2.45, 2.75) is 12.6 Å². The maximum atomic E-state index is 12.2. The number of hydrogen-bond acceptors (Lipinski definition) is 2. The van der Waals surface area contributed by atoms with Crippen molar-refractivity contribution in [3.8, 4) is 5.75 Å². The third-order valence-corrected chi connectivity index (χ3v) is 2.73.